The third kappa shape index (κ3) is 1.79. The Kier molecular flexibility index (Phi) is 2.96. The van der Waals surface area contributed by atoms with E-state index >= 15 is 0 Å². The van der Waals surface area contributed by atoms with Gasteiger partial charge < -0.3 is 4.74 Å². The maximum atomic E-state index is 13.0. The number of carbonyl (C=O) groups is 1. The van der Waals surface area contributed by atoms with E-state index in [0.717, 1.165) is 13.2 Å². The van der Waals surface area contributed by atoms with Gasteiger partial charge >= 0.3 is 5.97 Å². The first-order valence-corrected chi connectivity index (χ1v) is 3.80. The molecule has 14 heavy (non-hydrogen) atoms. The fourth-order valence-corrected chi connectivity index (χ4v) is 0.989. The molecule has 0 heterocycles. The molecule has 1 aromatic carbocycles. The number of halogens is 2. The zero-order valence-corrected chi connectivity index (χ0v) is 7.51. The van der Waals surface area contributed by atoms with Crippen LogP contribution in [0.25, 0.3) is 6.08 Å². The fourth-order valence-electron chi connectivity index (χ4n) is 0.989. The van der Waals surface area contributed by atoms with Crippen molar-refractivity contribution in [3.63, 3.8) is 0 Å². The minimum Gasteiger partial charge on any atom is -0.465 e. The summed E-state index contributed by atoms with van der Waals surface area (Å²) < 4.78 is 30.3. The molecule has 0 aromatic heterocycles. The largest absolute Gasteiger partial charge is 0.465 e. The van der Waals surface area contributed by atoms with Gasteiger partial charge in [0, 0.05) is 11.6 Å². The summed E-state index contributed by atoms with van der Waals surface area (Å²) in [6.07, 6.45) is 1.20. The molecule has 0 unspecified atom stereocenters. The summed E-state index contributed by atoms with van der Waals surface area (Å²) in [7, 11) is 1.12. The molecular formula is C10H8F2O2. The third-order valence-corrected chi connectivity index (χ3v) is 1.71. The van der Waals surface area contributed by atoms with Crippen LogP contribution >= 0.6 is 0 Å². The predicted molar refractivity (Wildman–Crippen MR) is 47.8 cm³/mol. The average Bonchev–Trinajstić information content (AvgIpc) is 2.17. The SMILES string of the molecule is C=Cc1cc(C(=O)OC)c(F)cc1F. The van der Waals surface area contributed by atoms with Crippen molar-refractivity contribution in [3.8, 4) is 0 Å². The quantitative estimate of drug-likeness (QED) is 0.682. The lowest BCUT2D eigenvalue weighted by atomic mass is 10.1. The Balaban J connectivity index is 3.30. The second kappa shape index (κ2) is 4.00. The van der Waals surface area contributed by atoms with Crippen molar-refractivity contribution in [2.24, 2.45) is 0 Å². The number of hydrogen-bond acceptors (Lipinski definition) is 2. The molecule has 0 atom stereocenters. The van der Waals surface area contributed by atoms with Crippen molar-refractivity contribution in [1.29, 1.82) is 0 Å². The van der Waals surface area contributed by atoms with Crippen molar-refractivity contribution >= 4 is 12.0 Å². The molecule has 0 spiro atoms. The van der Waals surface area contributed by atoms with E-state index in [1.807, 2.05) is 0 Å². The molecule has 0 radical (unpaired) electrons. The molecule has 0 bridgehead atoms. The summed E-state index contributed by atoms with van der Waals surface area (Å²) in [4.78, 5) is 11.0. The summed E-state index contributed by atoms with van der Waals surface area (Å²) in [6, 6.07) is 1.69. The van der Waals surface area contributed by atoms with E-state index in [4.69, 9.17) is 0 Å². The monoisotopic (exact) mass is 198 g/mol. The van der Waals surface area contributed by atoms with Gasteiger partial charge in [0.05, 0.1) is 12.7 Å². The van der Waals surface area contributed by atoms with Crippen molar-refractivity contribution in [3.05, 3.63) is 41.5 Å². The van der Waals surface area contributed by atoms with Crippen LogP contribution in [-0.4, -0.2) is 13.1 Å². The zero-order valence-electron chi connectivity index (χ0n) is 7.51. The van der Waals surface area contributed by atoms with Gasteiger partial charge in [-0.05, 0) is 6.07 Å². The van der Waals surface area contributed by atoms with Gasteiger partial charge in [-0.3, -0.25) is 0 Å². The highest BCUT2D eigenvalue weighted by Gasteiger charge is 2.14. The Morgan fingerprint density at radius 1 is 1.43 bits per heavy atom. The highest BCUT2D eigenvalue weighted by atomic mass is 19.1. The lowest BCUT2D eigenvalue weighted by Crippen LogP contribution is -2.05. The van der Waals surface area contributed by atoms with Gasteiger partial charge in [-0.15, -0.1) is 0 Å². The average molecular weight is 198 g/mol. The topological polar surface area (TPSA) is 26.3 Å². The number of benzene rings is 1. The number of rotatable bonds is 2. The van der Waals surface area contributed by atoms with Crippen molar-refractivity contribution in [1.82, 2.24) is 0 Å². The number of hydrogen-bond donors (Lipinski definition) is 0. The lowest BCUT2D eigenvalue weighted by molar-refractivity contribution is 0.0595. The second-order valence-electron chi connectivity index (χ2n) is 2.55. The van der Waals surface area contributed by atoms with Crippen LogP contribution in [0.5, 0.6) is 0 Å². The van der Waals surface area contributed by atoms with E-state index in [0.29, 0.717) is 6.07 Å². The first kappa shape index (κ1) is 10.4. The Morgan fingerprint density at radius 3 is 2.57 bits per heavy atom. The number of ether oxygens (including phenoxy) is 1. The van der Waals surface area contributed by atoms with E-state index in [9.17, 15) is 13.6 Å². The minimum atomic E-state index is -0.944. The van der Waals surface area contributed by atoms with Crippen LogP contribution in [0.3, 0.4) is 0 Å². The van der Waals surface area contributed by atoms with Crippen LogP contribution in [0, 0.1) is 11.6 Å². The van der Waals surface area contributed by atoms with Crippen LogP contribution in [0.4, 0.5) is 8.78 Å². The molecule has 0 aliphatic carbocycles. The molecule has 0 amide bonds. The highest BCUT2D eigenvalue weighted by molar-refractivity contribution is 5.90. The normalized spacial score (nSPS) is 9.64. The molecule has 74 valence electrons. The molecule has 1 aromatic rings. The molecule has 0 N–H and O–H groups in total. The van der Waals surface area contributed by atoms with Gasteiger partial charge in [-0.1, -0.05) is 12.7 Å². The summed E-state index contributed by atoms with van der Waals surface area (Å²) >= 11 is 0. The second-order valence-corrected chi connectivity index (χ2v) is 2.55. The summed E-state index contributed by atoms with van der Waals surface area (Å²) in [6.45, 7) is 3.33. The maximum absolute atomic E-state index is 13.0. The molecule has 1 rings (SSSR count). The maximum Gasteiger partial charge on any atom is 0.340 e. The van der Waals surface area contributed by atoms with E-state index in [2.05, 4.69) is 11.3 Å². The molecule has 0 fully saturated rings. The summed E-state index contributed by atoms with van der Waals surface area (Å²) in [5, 5.41) is 0. The van der Waals surface area contributed by atoms with E-state index in [-0.39, 0.29) is 11.1 Å². The van der Waals surface area contributed by atoms with Crippen LogP contribution in [0.1, 0.15) is 15.9 Å². The third-order valence-electron chi connectivity index (χ3n) is 1.71. The van der Waals surface area contributed by atoms with Gasteiger partial charge in [-0.2, -0.15) is 0 Å². The van der Waals surface area contributed by atoms with Gasteiger partial charge in [0.2, 0.25) is 0 Å². The number of esters is 1. The molecule has 2 nitrogen and oxygen atoms in total. The van der Waals surface area contributed by atoms with E-state index in [1.165, 1.54) is 6.08 Å². The summed E-state index contributed by atoms with van der Waals surface area (Å²) in [5.74, 6) is -2.55. The minimum absolute atomic E-state index is 0.0619. The standard InChI is InChI=1S/C10H8F2O2/c1-3-6-4-7(10(13)14-2)9(12)5-8(6)11/h3-5H,1H2,2H3. The van der Waals surface area contributed by atoms with Crippen molar-refractivity contribution < 1.29 is 18.3 Å². The highest BCUT2D eigenvalue weighted by Crippen LogP contribution is 2.16. The molecular weight excluding hydrogens is 190 g/mol. The Morgan fingerprint density at radius 2 is 2.07 bits per heavy atom. The number of methoxy groups -OCH3 is 1. The Bertz CT molecular complexity index is 386. The van der Waals surface area contributed by atoms with E-state index < -0.39 is 17.6 Å². The van der Waals surface area contributed by atoms with Crippen molar-refractivity contribution in [2.75, 3.05) is 7.11 Å². The van der Waals surface area contributed by atoms with Gasteiger partial charge in [0.25, 0.3) is 0 Å². The van der Waals surface area contributed by atoms with Crippen LogP contribution in [0.2, 0.25) is 0 Å². The first-order valence-electron chi connectivity index (χ1n) is 3.80. The first-order chi connectivity index (χ1) is 6.60. The lowest BCUT2D eigenvalue weighted by Gasteiger charge is -2.03. The van der Waals surface area contributed by atoms with Gasteiger partial charge in [0.15, 0.2) is 0 Å². The molecule has 0 aliphatic rings. The van der Waals surface area contributed by atoms with Crippen molar-refractivity contribution in [2.45, 2.75) is 0 Å². The van der Waals surface area contributed by atoms with Crippen LogP contribution < -0.4 is 0 Å². The number of carbonyl (C=O) groups excluding carboxylic acids is 1. The zero-order chi connectivity index (χ0) is 10.7. The summed E-state index contributed by atoms with van der Waals surface area (Å²) in [5.41, 5.74) is -0.240. The Labute approximate surface area is 79.8 Å². The smallest absolute Gasteiger partial charge is 0.340 e. The Hall–Kier alpha value is -1.71. The van der Waals surface area contributed by atoms with Crippen LogP contribution in [-0.2, 0) is 4.74 Å². The molecule has 0 saturated carbocycles. The molecule has 0 saturated heterocycles. The van der Waals surface area contributed by atoms with E-state index in [1.54, 1.807) is 0 Å². The van der Waals surface area contributed by atoms with Gasteiger partial charge in [-0.25, -0.2) is 13.6 Å². The fraction of sp³-hybridized carbons (Fsp3) is 0.100. The predicted octanol–water partition coefficient (Wildman–Crippen LogP) is 2.39. The van der Waals surface area contributed by atoms with Crippen LogP contribution in [0.15, 0.2) is 18.7 Å². The molecule has 0 aliphatic heterocycles. The molecule has 4 heteroatoms. The van der Waals surface area contributed by atoms with Gasteiger partial charge in [0.1, 0.15) is 11.6 Å².